The minimum absolute atomic E-state index is 0.193. The predicted molar refractivity (Wildman–Crippen MR) is 72.1 cm³/mol. The average Bonchev–Trinajstić information content (AvgIpc) is 2.37. The third-order valence-electron chi connectivity index (χ3n) is 2.40. The van der Waals surface area contributed by atoms with Gasteiger partial charge in [0.15, 0.2) is 0 Å². The molecule has 4 heteroatoms. The number of rotatable bonds is 5. The van der Waals surface area contributed by atoms with Crippen molar-refractivity contribution in [1.82, 2.24) is 10.3 Å². The summed E-state index contributed by atoms with van der Waals surface area (Å²) in [6.07, 6.45) is 3.47. The predicted octanol–water partition coefficient (Wildman–Crippen LogP) is 3.48. The number of benzene rings is 1. The fourth-order valence-electron chi connectivity index (χ4n) is 1.59. The number of nitrogens with one attached hydrogen (secondary N) is 1. The van der Waals surface area contributed by atoms with E-state index >= 15 is 0 Å². The molecule has 0 bridgehead atoms. The lowest BCUT2D eigenvalue weighted by Crippen LogP contribution is -2.11. The largest absolute Gasteiger partial charge is 0.313 e. The molecule has 2 nitrogen and oxygen atoms in total. The summed E-state index contributed by atoms with van der Waals surface area (Å²) < 4.78 is 13.5. The summed E-state index contributed by atoms with van der Waals surface area (Å²) in [6, 6.07) is 8.97. The molecule has 0 aliphatic carbocycles. The van der Waals surface area contributed by atoms with Crippen LogP contribution in [-0.4, -0.2) is 11.5 Å². The number of aromatic nitrogens is 1. The molecule has 2 rings (SSSR count). The monoisotopic (exact) mass is 262 g/mol. The Balaban J connectivity index is 2.15. The molecule has 0 saturated heterocycles. The zero-order valence-corrected chi connectivity index (χ0v) is 11.0. The summed E-state index contributed by atoms with van der Waals surface area (Å²) in [6.45, 7) is 3.60. The summed E-state index contributed by atoms with van der Waals surface area (Å²) in [5.74, 6) is -0.193. The highest BCUT2D eigenvalue weighted by Crippen LogP contribution is 2.28. The number of hydrogen-bond acceptors (Lipinski definition) is 3. The van der Waals surface area contributed by atoms with Crippen LogP contribution in [0, 0.1) is 5.82 Å². The molecule has 0 aliphatic heterocycles. The first-order valence-electron chi connectivity index (χ1n) is 5.86. The molecule has 1 heterocycles. The van der Waals surface area contributed by atoms with Gasteiger partial charge in [-0.05, 0) is 42.4 Å². The van der Waals surface area contributed by atoms with Crippen molar-refractivity contribution in [2.75, 3.05) is 6.54 Å². The fraction of sp³-hybridized carbons (Fsp3) is 0.214. The quantitative estimate of drug-likeness (QED) is 0.893. The lowest BCUT2D eigenvalue weighted by molar-refractivity contribution is 0.617. The van der Waals surface area contributed by atoms with Gasteiger partial charge in [0, 0.05) is 28.7 Å². The first kappa shape index (κ1) is 13.1. The molecule has 0 amide bonds. The highest BCUT2D eigenvalue weighted by Gasteiger charge is 2.02. The van der Waals surface area contributed by atoms with Gasteiger partial charge in [0.1, 0.15) is 5.82 Å². The Bertz CT molecular complexity index is 502. The maximum atomic E-state index is 13.5. The lowest BCUT2D eigenvalue weighted by atomic mass is 10.2. The van der Waals surface area contributed by atoms with Gasteiger partial charge in [-0.25, -0.2) is 4.39 Å². The standard InChI is InChI=1S/C14H15FN2S/c1-2-16-10-11-7-12(15)9-14(8-11)18-13-3-5-17-6-4-13/h3-9,16H,2,10H2,1H3. The van der Waals surface area contributed by atoms with Crippen LogP contribution in [0.3, 0.4) is 0 Å². The highest BCUT2D eigenvalue weighted by atomic mass is 32.2. The second-order valence-corrected chi connectivity index (χ2v) is 5.01. The van der Waals surface area contributed by atoms with Crippen LogP contribution < -0.4 is 5.32 Å². The first-order chi connectivity index (χ1) is 8.78. The molecule has 0 aliphatic rings. The van der Waals surface area contributed by atoms with Crippen LogP contribution in [0.4, 0.5) is 4.39 Å². The molecule has 94 valence electrons. The lowest BCUT2D eigenvalue weighted by Gasteiger charge is -2.06. The van der Waals surface area contributed by atoms with Crippen molar-refractivity contribution in [2.24, 2.45) is 0 Å². The van der Waals surface area contributed by atoms with E-state index in [1.165, 1.54) is 0 Å². The molecule has 0 spiro atoms. The molecule has 0 fully saturated rings. The topological polar surface area (TPSA) is 24.9 Å². The Kier molecular flexibility index (Phi) is 4.73. The smallest absolute Gasteiger partial charge is 0.124 e. The van der Waals surface area contributed by atoms with Gasteiger partial charge in [-0.15, -0.1) is 0 Å². The van der Waals surface area contributed by atoms with E-state index in [0.717, 1.165) is 21.9 Å². The first-order valence-corrected chi connectivity index (χ1v) is 6.67. The Morgan fingerprint density at radius 1 is 1.17 bits per heavy atom. The van der Waals surface area contributed by atoms with Gasteiger partial charge >= 0.3 is 0 Å². The van der Waals surface area contributed by atoms with Crippen molar-refractivity contribution in [1.29, 1.82) is 0 Å². The summed E-state index contributed by atoms with van der Waals surface area (Å²) in [5, 5.41) is 3.20. The molecular formula is C14H15FN2S. The molecule has 0 atom stereocenters. The Morgan fingerprint density at radius 3 is 2.67 bits per heavy atom. The Labute approximate surface area is 111 Å². The SMILES string of the molecule is CCNCc1cc(F)cc(Sc2ccncc2)c1. The minimum Gasteiger partial charge on any atom is -0.313 e. The van der Waals surface area contributed by atoms with Gasteiger partial charge in [0.25, 0.3) is 0 Å². The van der Waals surface area contributed by atoms with Crippen molar-refractivity contribution >= 4 is 11.8 Å². The molecule has 0 saturated carbocycles. The zero-order chi connectivity index (χ0) is 12.8. The zero-order valence-electron chi connectivity index (χ0n) is 10.2. The molecule has 2 aromatic rings. The van der Waals surface area contributed by atoms with E-state index in [1.54, 1.807) is 36.3 Å². The maximum Gasteiger partial charge on any atom is 0.124 e. The molecular weight excluding hydrogens is 247 g/mol. The molecule has 0 radical (unpaired) electrons. The van der Waals surface area contributed by atoms with E-state index in [4.69, 9.17) is 0 Å². The van der Waals surface area contributed by atoms with Crippen LogP contribution in [0.15, 0.2) is 52.5 Å². The fourth-order valence-corrected chi connectivity index (χ4v) is 2.51. The van der Waals surface area contributed by atoms with Gasteiger partial charge in [0.2, 0.25) is 0 Å². The van der Waals surface area contributed by atoms with E-state index in [1.807, 2.05) is 25.1 Å². The number of nitrogens with zero attached hydrogens (tertiary/aromatic N) is 1. The van der Waals surface area contributed by atoms with Gasteiger partial charge < -0.3 is 5.32 Å². The van der Waals surface area contributed by atoms with Crippen LogP contribution >= 0.6 is 11.8 Å². The van der Waals surface area contributed by atoms with Crippen LogP contribution in [0.5, 0.6) is 0 Å². The molecule has 1 N–H and O–H groups in total. The maximum absolute atomic E-state index is 13.5. The van der Waals surface area contributed by atoms with Crippen LogP contribution in [0.25, 0.3) is 0 Å². The van der Waals surface area contributed by atoms with E-state index in [2.05, 4.69) is 10.3 Å². The van der Waals surface area contributed by atoms with E-state index in [9.17, 15) is 4.39 Å². The Hall–Kier alpha value is -1.39. The van der Waals surface area contributed by atoms with Crippen LogP contribution in [-0.2, 0) is 6.54 Å². The van der Waals surface area contributed by atoms with Crippen LogP contribution in [0.1, 0.15) is 12.5 Å². The van der Waals surface area contributed by atoms with Gasteiger partial charge in [0.05, 0.1) is 0 Å². The molecule has 1 aromatic carbocycles. The van der Waals surface area contributed by atoms with Gasteiger partial charge in [-0.3, -0.25) is 4.98 Å². The second-order valence-electron chi connectivity index (χ2n) is 3.86. The van der Waals surface area contributed by atoms with Crippen LogP contribution in [0.2, 0.25) is 0 Å². The number of hydrogen-bond donors (Lipinski definition) is 1. The molecule has 0 unspecified atom stereocenters. The van der Waals surface area contributed by atoms with Crippen molar-refractivity contribution < 1.29 is 4.39 Å². The molecule has 18 heavy (non-hydrogen) atoms. The number of pyridine rings is 1. The van der Waals surface area contributed by atoms with Gasteiger partial charge in [-0.2, -0.15) is 0 Å². The summed E-state index contributed by atoms with van der Waals surface area (Å²) in [7, 11) is 0. The second kappa shape index (κ2) is 6.52. The normalized spacial score (nSPS) is 10.6. The average molecular weight is 262 g/mol. The summed E-state index contributed by atoms with van der Waals surface area (Å²) in [5.41, 5.74) is 0.966. The van der Waals surface area contributed by atoms with Gasteiger partial charge in [-0.1, -0.05) is 18.7 Å². The Morgan fingerprint density at radius 2 is 1.94 bits per heavy atom. The third-order valence-corrected chi connectivity index (χ3v) is 3.37. The van der Waals surface area contributed by atoms with Crippen molar-refractivity contribution in [3.63, 3.8) is 0 Å². The third kappa shape index (κ3) is 3.82. The van der Waals surface area contributed by atoms with E-state index in [0.29, 0.717) is 6.54 Å². The molecule has 1 aromatic heterocycles. The minimum atomic E-state index is -0.193. The van der Waals surface area contributed by atoms with Crippen molar-refractivity contribution in [3.05, 3.63) is 54.1 Å². The summed E-state index contributed by atoms with van der Waals surface area (Å²) >= 11 is 1.54. The van der Waals surface area contributed by atoms with E-state index in [-0.39, 0.29) is 5.82 Å². The van der Waals surface area contributed by atoms with Crippen molar-refractivity contribution in [3.8, 4) is 0 Å². The number of halogens is 1. The summed E-state index contributed by atoms with van der Waals surface area (Å²) in [4.78, 5) is 5.94. The van der Waals surface area contributed by atoms with Crippen molar-refractivity contribution in [2.45, 2.75) is 23.3 Å². The van der Waals surface area contributed by atoms with E-state index < -0.39 is 0 Å². The highest BCUT2D eigenvalue weighted by molar-refractivity contribution is 7.99.